The minimum atomic E-state index is -3.70. The minimum absolute atomic E-state index is 0.0132. The SMILES string of the molecule is COc1ccc(S(=O)(=O)C(CNC(=O)c2cc(C)cc(C)c2)c2cccs2)cc1. The van der Waals surface area contributed by atoms with Crippen LogP contribution in [0.4, 0.5) is 0 Å². The van der Waals surface area contributed by atoms with E-state index >= 15 is 0 Å². The number of benzene rings is 2. The summed E-state index contributed by atoms with van der Waals surface area (Å²) in [6.07, 6.45) is 0. The molecule has 3 aromatic rings. The fraction of sp³-hybridized carbons (Fsp3) is 0.227. The standard InChI is InChI=1S/C22H23NO4S2/c1-15-11-16(2)13-17(12-15)22(24)23-14-21(20-5-4-10-28-20)29(25,26)19-8-6-18(27-3)7-9-19/h4-13,21H,14H2,1-3H3,(H,23,24). The second kappa shape index (κ2) is 8.80. The maximum atomic E-state index is 13.3. The number of amides is 1. The van der Waals surface area contributed by atoms with Gasteiger partial charge in [0.2, 0.25) is 0 Å². The van der Waals surface area contributed by atoms with Crippen LogP contribution in [-0.2, 0) is 9.84 Å². The molecule has 1 unspecified atom stereocenters. The van der Waals surface area contributed by atoms with Gasteiger partial charge in [0.1, 0.15) is 11.0 Å². The number of hydrogen-bond acceptors (Lipinski definition) is 5. The highest BCUT2D eigenvalue weighted by Gasteiger charge is 2.30. The Kier molecular flexibility index (Phi) is 6.39. The Morgan fingerprint density at radius 1 is 1.07 bits per heavy atom. The van der Waals surface area contributed by atoms with Gasteiger partial charge in [-0.05, 0) is 61.7 Å². The van der Waals surface area contributed by atoms with Crippen molar-refractivity contribution in [1.82, 2.24) is 5.32 Å². The summed E-state index contributed by atoms with van der Waals surface area (Å²) < 4.78 is 31.7. The van der Waals surface area contributed by atoms with Crippen molar-refractivity contribution in [2.24, 2.45) is 0 Å². The Hall–Kier alpha value is -2.64. The second-order valence-electron chi connectivity index (χ2n) is 6.81. The van der Waals surface area contributed by atoms with Gasteiger partial charge in [-0.2, -0.15) is 0 Å². The van der Waals surface area contributed by atoms with Gasteiger partial charge in [-0.15, -0.1) is 11.3 Å². The summed E-state index contributed by atoms with van der Waals surface area (Å²) in [4.78, 5) is 13.5. The normalized spacial score (nSPS) is 12.4. The van der Waals surface area contributed by atoms with E-state index in [-0.39, 0.29) is 17.3 Å². The summed E-state index contributed by atoms with van der Waals surface area (Å²) in [6, 6.07) is 15.4. The number of nitrogens with one attached hydrogen (secondary N) is 1. The zero-order valence-corrected chi connectivity index (χ0v) is 18.1. The topological polar surface area (TPSA) is 72.5 Å². The molecule has 0 radical (unpaired) electrons. The van der Waals surface area contributed by atoms with Gasteiger partial charge < -0.3 is 10.1 Å². The van der Waals surface area contributed by atoms with E-state index in [1.807, 2.05) is 31.4 Å². The number of rotatable bonds is 7. The van der Waals surface area contributed by atoms with Crippen LogP contribution in [0.25, 0.3) is 0 Å². The third-order valence-electron chi connectivity index (χ3n) is 4.55. The van der Waals surface area contributed by atoms with Crippen LogP contribution < -0.4 is 10.1 Å². The Labute approximate surface area is 175 Å². The van der Waals surface area contributed by atoms with E-state index in [2.05, 4.69) is 5.32 Å². The van der Waals surface area contributed by atoms with Crippen LogP contribution in [0.5, 0.6) is 5.75 Å². The molecule has 0 aliphatic rings. The first-order chi connectivity index (χ1) is 13.8. The maximum Gasteiger partial charge on any atom is 0.251 e. The molecule has 7 heteroatoms. The van der Waals surface area contributed by atoms with Crippen molar-refractivity contribution in [3.05, 3.63) is 81.5 Å². The predicted octanol–water partition coefficient (Wildman–Crippen LogP) is 4.32. The van der Waals surface area contributed by atoms with Crippen LogP contribution >= 0.6 is 11.3 Å². The molecule has 0 aliphatic carbocycles. The first-order valence-electron chi connectivity index (χ1n) is 9.09. The number of carbonyl (C=O) groups is 1. The first-order valence-corrected chi connectivity index (χ1v) is 11.5. The lowest BCUT2D eigenvalue weighted by Crippen LogP contribution is -2.31. The van der Waals surface area contributed by atoms with Crippen LogP contribution in [0.1, 0.15) is 31.6 Å². The molecule has 1 atom stereocenters. The first kappa shape index (κ1) is 21.1. The zero-order valence-electron chi connectivity index (χ0n) is 16.5. The highest BCUT2D eigenvalue weighted by atomic mass is 32.2. The fourth-order valence-corrected chi connectivity index (χ4v) is 5.94. The summed E-state index contributed by atoms with van der Waals surface area (Å²) in [6.45, 7) is 3.83. The van der Waals surface area contributed by atoms with Gasteiger partial charge in [-0.3, -0.25) is 4.79 Å². The van der Waals surface area contributed by atoms with Crippen molar-refractivity contribution in [2.45, 2.75) is 24.0 Å². The number of carbonyl (C=O) groups excluding carboxylic acids is 1. The third-order valence-corrected chi connectivity index (χ3v) is 7.79. The molecule has 0 saturated carbocycles. The van der Waals surface area contributed by atoms with Gasteiger partial charge >= 0.3 is 0 Å². The van der Waals surface area contributed by atoms with E-state index < -0.39 is 15.1 Å². The van der Waals surface area contributed by atoms with Gasteiger partial charge in [0.05, 0.1) is 12.0 Å². The fourth-order valence-electron chi connectivity index (χ4n) is 3.16. The van der Waals surface area contributed by atoms with Crippen LogP contribution in [0.15, 0.2) is 64.9 Å². The van der Waals surface area contributed by atoms with Crippen LogP contribution in [0.2, 0.25) is 0 Å². The minimum Gasteiger partial charge on any atom is -0.497 e. The van der Waals surface area contributed by atoms with E-state index in [0.717, 1.165) is 11.1 Å². The second-order valence-corrected chi connectivity index (χ2v) is 9.92. The molecule has 3 rings (SSSR count). The predicted molar refractivity (Wildman–Crippen MR) is 115 cm³/mol. The molecule has 5 nitrogen and oxygen atoms in total. The molecule has 1 amide bonds. The Morgan fingerprint density at radius 2 is 1.72 bits per heavy atom. The lowest BCUT2D eigenvalue weighted by atomic mass is 10.1. The molecule has 0 spiro atoms. The molecular formula is C22H23NO4S2. The van der Waals surface area contributed by atoms with Gasteiger partial charge in [-0.1, -0.05) is 23.3 Å². The maximum absolute atomic E-state index is 13.3. The van der Waals surface area contributed by atoms with E-state index in [1.54, 1.807) is 30.3 Å². The quantitative estimate of drug-likeness (QED) is 0.607. The smallest absolute Gasteiger partial charge is 0.251 e. The number of aryl methyl sites for hydroxylation is 2. The summed E-state index contributed by atoms with van der Waals surface area (Å²) >= 11 is 1.36. The number of hydrogen-bond donors (Lipinski definition) is 1. The zero-order chi connectivity index (χ0) is 21.0. The van der Waals surface area contributed by atoms with Crippen LogP contribution in [0.3, 0.4) is 0 Å². The van der Waals surface area contributed by atoms with Gasteiger partial charge in [0.15, 0.2) is 9.84 Å². The summed E-state index contributed by atoms with van der Waals surface area (Å²) in [5, 5.41) is 3.77. The molecule has 152 valence electrons. The summed E-state index contributed by atoms with van der Waals surface area (Å²) in [5.41, 5.74) is 2.49. The molecule has 2 aromatic carbocycles. The van der Waals surface area contributed by atoms with Crippen molar-refractivity contribution in [3.63, 3.8) is 0 Å². The number of thiophene rings is 1. The van der Waals surface area contributed by atoms with Crippen molar-refractivity contribution < 1.29 is 17.9 Å². The number of ether oxygens (including phenoxy) is 1. The molecule has 0 fully saturated rings. The molecule has 0 saturated heterocycles. The van der Waals surface area contributed by atoms with E-state index in [0.29, 0.717) is 16.2 Å². The van der Waals surface area contributed by atoms with E-state index in [9.17, 15) is 13.2 Å². The molecule has 1 aromatic heterocycles. The molecule has 0 bridgehead atoms. The molecule has 0 aliphatic heterocycles. The highest BCUT2D eigenvalue weighted by Crippen LogP contribution is 2.32. The van der Waals surface area contributed by atoms with E-state index in [1.165, 1.54) is 30.6 Å². The lowest BCUT2D eigenvalue weighted by Gasteiger charge is -2.18. The van der Waals surface area contributed by atoms with Crippen molar-refractivity contribution >= 4 is 27.1 Å². The monoisotopic (exact) mass is 429 g/mol. The number of sulfone groups is 1. The average molecular weight is 430 g/mol. The largest absolute Gasteiger partial charge is 0.497 e. The molecular weight excluding hydrogens is 406 g/mol. The molecule has 29 heavy (non-hydrogen) atoms. The number of methoxy groups -OCH3 is 1. The molecule has 1 N–H and O–H groups in total. The van der Waals surface area contributed by atoms with Gasteiger partial charge in [0, 0.05) is 17.0 Å². The van der Waals surface area contributed by atoms with Crippen molar-refractivity contribution in [3.8, 4) is 5.75 Å². The average Bonchev–Trinajstić information content (AvgIpc) is 3.21. The molecule has 1 heterocycles. The third kappa shape index (κ3) is 4.86. The summed E-state index contributed by atoms with van der Waals surface area (Å²) in [5.74, 6) is 0.294. The Bertz CT molecular complexity index is 1070. The lowest BCUT2D eigenvalue weighted by molar-refractivity contribution is 0.0953. The van der Waals surface area contributed by atoms with Crippen LogP contribution in [0, 0.1) is 13.8 Å². The van der Waals surface area contributed by atoms with Gasteiger partial charge in [-0.25, -0.2) is 8.42 Å². The van der Waals surface area contributed by atoms with Gasteiger partial charge in [0.25, 0.3) is 5.91 Å². The Morgan fingerprint density at radius 3 is 2.28 bits per heavy atom. The van der Waals surface area contributed by atoms with Crippen LogP contribution in [-0.4, -0.2) is 28.0 Å². The Balaban J connectivity index is 1.87. The summed E-state index contributed by atoms with van der Waals surface area (Å²) in [7, 11) is -2.17. The van der Waals surface area contributed by atoms with Crippen molar-refractivity contribution in [2.75, 3.05) is 13.7 Å². The highest BCUT2D eigenvalue weighted by molar-refractivity contribution is 7.91. The van der Waals surface area contributed by atoms with Crippen molar-refractivity contribution in [1.29, 1.82) is 0 Å². The van der Waals surface area contributed by atoms with E-state index in [4.69, 9.17) is 4.74 Å².